The smallest absolute Gasteiger partial charge is 0.353 e. The first kappa shape index (κ1) is 25.1. The van der Waals surface area contributed by atoms with Crippen LogP contribution < -0.4 is 0 Å². The first-order chi connectivity index (χ1) is 14.2. The molecular formula is C20H14N2NiO4S4. The average Bonchev–Trinajstić information content (AvgIpc) is 2.73. The van der Waals surface area contributed by atoms with Crippen molar-refractivity contribution < 1.29 is 36.3 Å². The summed E-state index contributed by atoms with van der Waals surface area (Å²) in [7, 11) is 0. The van der Waals surface area contributed by atoms with E-state index in [9.17, 15) is 9.59 Å². The summed E-state index contributed by atoms with van der Waals surface area (Å²) in [6.45, 7) is 0. The van der Waals surface area contributed by atoms with Gasteiger partial charge in [-0.15, -0.1) is 25.3 Å². The van der Waals surface area contributed by atoms with Gasteiger partial charge in [0.05, 0.1) is 18.8 Å². The van der Waals surface area contributed by atoms with E-state index >= 15 is 0 Å². The number of pyridine rings is 2. The second-order valence-corrected chi connectivity index (χ2v) is 7.77. The minimum absolute atomic E-state index is 0. The van der Waals surface area contributed by atoms with Crippen molar-refractivity contribution in [1.29, 1.82) is 0 Å². The van der Waals surface area contributed by atoms with Crippen LogP contribution in [0.15, 0.2) is 58.3 Å². The molecule has 0 bridgehead atoms. The predicted octanol–water partition coefficient (Wildman–Crippen LogP) is 5.77. The van der Waals surface area contributed by atoms with Crippen LogP contribution in [-0.2, 0) is 16.5 Å². The molecule has 0 atom stereocenters. The molecule has 0 aliphatic rings. The number of carbonyl (C=O) groups is 2. The zero-order chi connectivity index (χ0) is 22.0. The summed E-state index contributed by atoms with van der Waals surface area (Å²) in [5.41, 5.74) is 1.47. The van der Waals surface area contributed by atoms with Crippen molar-refractivity contribution in [3.05, 3.63) is 68.9 Å². The Bertz CT molecular complexity index is 1320. The van der Waals surface area contributed by atoms with Crippen LogP contribution in [0.3, 0.4) is 0 Å². The number of fused-ring (bicyclic) bond motifs is 2. The molecule has 0 saturated carbocycles. The van der Waals surface area contributed by atoms with E-state index < -0.39 is 11.9 Å². The normalized spacial score (nSPS) is 10.1. The van der Waals surface area contributed by atoms with E-state index in [2.05, 4.69) is 35.2 Å². The molecule has 0 spiro atoms. The van der Waals surface area contributed by atoms with Crippen LogP contribution >= 0.6 is 49.7 Å². The Morgan fingerprint density at radius 1 is 0.710 bits per heavy atom. The maximum atomic E-state index is 10.9. The summed E-state index contributed by atoms with van der Waals surface area (Å²) < 4.78 is 0.926. The Kier molecular flexibility index (Phi) is 8.44. The van der Waals surface area contributed by atoms with Gasteiger partial charge in [0.1, 0.15) is 11.4 Å². The molecule has 0 fully saturated rings. The minimum atomic E-state index is -1.06. The molecule has 4 rings (SSSR count). The predicted molar refractivity (Wildman–Crippen MR) is 127 cm³/mol. The Labute approximate surface area is 207 Å². The monoisotopic (exact) mass is 532 g/mol. The SMILES string of the molecule is O=C(O)c1[nH]c2ccccc2c(=S)c1S.O=C(O)c1[nH]c2ccccc2c(=S)c1S.[Ni]. The summed E-state index contributed by atoms with van der Waals surface area (Å²) >= 11 is 18.5. The number of benzene rings is 2. The summed E-state index contributed by atoms with van der Waals surface area (Å²) in [5.74, 6) is -2.12. The van der Waals surface area contributed by atoms with Gasteiger partial charge in [-0.05, 0) is 12.1 Å². The quantitative estimate of drug-likeness (QED) is 0.111. The number of thiol groups is 2. The number of nitrogens with one attached hydrogen (secondary N) is 2. The summed E-state index contributed by atoms with van der Waals surface area (Å²) in [4.78, 5) is 28.0. The van der Waals surface area contributed by atoms with Gasteiger partial charge in [0.25, 0.3) is 0 Å². The Morgan fingerprint density at radius 2 is 1.03 bits per heavy atom. The number of carboxylic acids is 2. The average molecular weight is 533 g/mol. The van der Waals surface area contributed by atoms with E-state index in [-0.39, 0.29) is 27.9 Å². The second kappa shape index (κ2) is 10.4. The molecular weight excluding hydrogens is 519 g/mol. The molecule has 4 aromatic rings. The Morgan fingerprint density at radius 3 is 1.35 bits per heavy atom. The first-order valence-corrected chi connectivity index (χ1v) is 10.1. The van der Waals surface area contributed by atoms with E-state index in [1.807, 2.05) is 36.4 Å². The van der Waals surface area contributed by atoms with Crippen molar-refractivity contribution in [3.63, 3.8) is 0 Å². The van der Waals surface area contributed by atoms with Gasteiger partial charge in [-0.25, -0.2) is 9.59 Å². The number of aromatic carboxylic acids is 2. The van der Waals surface area contributed by atoms with E-state index in [1.165, 1.54) is 0 Å². The number of aromatic amines is 2. The molecule has 0 aliphatic heterocycles. The molecule has 2 heterocycles. The second-order valence-electron chi connectivity index (χ2n) is 6.06. The first-order valence-electron chi connectivity index (χ1n) is 8.37. The summed E-state index contributed by atoms with van der Waals surface area (Å²) in [6, 6.07) is 14.6. The number of aromatic nitrogens is 2. The molecule has 31 heavy (non-hydrogen) atoms. The van der Waals surface area contributed by atoms with Gasteiger partial charge >= 0.3 is 11.9 Å². The molecule has 0 saturated heterocycles. The van der Waals surface area contributed by atoms with Crippen LogP contribution in [0, 0.1) is 9.02 Å². The molecule has 2 aromatic carbocycles. The molecule has 11 heteroatoms. The number of hydrogen-bond donors (Lipinski definition) is 6. The number of carboxylic acid groups (broad SMARTS) is 2. The summed E-state index contributed by atoms with van der Waals surface area (Å²) in [5, 5.41) is 19.5. The van der Waals surface area contributed by atoms with Gasteiger partial charge in [-0.2, -0.15) is 0 Å². The minimum Gasteiger partial charge on any atom is -0.477 e. The molecule has 0 amide bonds. The number of rotatable bonds is 2. The van der Waals surface area contributed by atoms with Gasteiger partial charge in [-0.3, -0.25) is 0 Å². The largest absolute Gasteiger partial charge is 0.477 e. The maximum Gasteiger partial charge on any atom is 0.353 e. The van der Waals surface area contributed by atoms with Crippen LogP contribution in [0.2, 0.25) is 0 Å². The fourth-order valence-electron chi connectivity index (χ4n) is 2.76. The zero-order valence-corrected chi connectivity index (χ0v) is 19.8. The van der Waals surface area contributed by atoms with Crippen molar-refractivity contribution in [2.45, 2.75) is 9.79 Å². The molecule has 162 valence electrons. The number of H-pyrrole nitrogens is 2. The van der Waals surface area contributed by atoms with Crippen molar-refractivity contribution in [1.82, 2.24) is 9.97 Å². The van der Waals surface area contributed by atoms with Crippen LogP contribution in [0.25, 0.3) is 21.8 Å². The van der Waals surface area contributed by atoms with Crippen LogP contribution in [-0.4, -0.2) is 32.1 Å². The van der Waals surface area contributed by atoms with Crippen LogP contribution in [0.4, 0.5) is 0 Å². The van der Waals surface area contributed by atoms with E-state index in [0.717, 1.165) is 10.8 Å². The molecule has 0 aliphatic carbocycles. The number of para-hydroxylation sites is 2. The number of hydrogen-bond acceptors (Lipinski definition) is 6. The van der Waals surface area contributed by atoms with Crippen LogP contribution in [0.5, 0.6) is 0 Å². The van der Waals surface area contributed by atoms with E-state index in [0.29, 0.717) is 29.8 Å². The zero-order valence-electron chi connectivity index (χ0n) is 15.4. The topological polar surface area (TPSA) is 106 Å². The fraction of sp³-hybridized carbons (Fsp3) is 0. The Hall–Kier alpha value is -2.17. The summed E-state index contributed by atoms with van der Waals surface area (Å²) in [6.07, 6.45) is 0. The molecule has 6 nitrogen and oxygen atoms in total. The van der Waals surface area contributed by atoms with E-state index in [4.69, 9.17) is 34.6 Å². The van der Waals surface area contributed by atoms with E-state index in [1.54, 1.807) is 12.1 Å². The van der Waals surface area contributed by atoms with Gasteiger partial charge in [0.2, 0.25) is 0 Å². The third kappa shape index (κ3) is 5.19. The Balaban J connectivity index is 0.000000213. The molecule has 4 N–H and O–H groups in total. The fourth-order valence-corrected chi connectivity index (χ4v) is 3.86. The van der Waals surface area contributed by atoms with Gasteiger partial charge in [0, 0.05) is 38.3 Å². The van der Waals surface area contributed by atoms with Gasteiger partial charge < -0.3 is 20.2 Å². The van der Waals surface area contributed by atoms with Crippen molar-refractivity contribution in [2.24, 2.45) is 0 Å². The third-order valence-corrected chi connectivity index (χ3v) is 6.24. The molecule has 2 aromatic heterocycles. The van der Waals surface area contributed by atoms with Crippen molar-refractivity contribution in [3.8, 4) is 0 Å². The third-order valence-electron chi connectivity index (χ3n) is 4.19. The molecule has 0 unspecified atom stereocenters. The molecule has 0 radical (unpaired) electrons. The van der Waals surface area contributed by atoms with Gasteiger partial charge in [-0.1, -0.05) is 60.8 Å². The van der Waals surface area contributed by atoms with Crippen LogP contribution in [0.1, 0.15) is 21.0 Å². The standard InChI is InChI=1S/2C10H7NO2S2.Ni/c2*12-10(13)7-9(15)8(14)5-3-1-2-4-6(5)11-7;/h2*1-4,15H,(H,11,14)(H,12,13);. The van der Waals surface area contributed by atoms with Crippen molar-refractivity contribution >= 4 is 83.4 Å². The maximum absolute atomic E-state index is 10.9. The van der Waals surface area contributed by atoms with Gasteiger partial charge in [0.15, 0.2) is 0 Å². The van der Waals surface area contributed by atoms with Crippen molar-refractivity contribution in [2.75, 3.05) is 0 Å².